The van der Waals surface area contributed by atoms with Gasteiger partial charge in [0, 0.05) is 13.2 Å². The second-order valence-electron chi connectivity index (χ2n) is 4.60. The van der Waals surface area contributed by atoms with Gasteiger partial charge >= 0.3 is 0 Å². The molecule has 0 aliphatic carbocycles. The molecule has 4 nitrogen and oxygen atoms in total. The van der Waals surface area contributed by atoms with E-state index in [4.69, 9.17) is 16.9 Å². The van der Waals surface area contributed by atoms with Crippen LogP contribution < -0.4 is 0 Å². The molecule has 0 atom stereocenters. The van der Waals surface area contributed by atoms with E-state index in [9.17, 15) is 4.39 Å². The number of fused-ring (bicyclic) bond motifs is 1. The highest BCUT2D eigenvalue weighted by Crippen LogP contribution is 2.24. The Labute approximate surface area is 125 Å². The van der Waals surface area contributed by atoms with Crippen LogP contribution in [0, 0.1) is 17.1 Å². The molecular weight excluding hydrogens is 291 g/mol. The number of aromatic amines is 1. The predicted octanol–water partition coefficient (Wildman–Crippen LogP) is 3.65. The number of halogens is 2. The van der Waals surface area contributed by atoms with Gasteiger partial charge in [0.05, 0.1) is 10.5 Å². The Bertz CT molecular complexity index is 898. The minimum atomic E-state index is -0.397. The molecule has 21 heavy (non-hydrogen) atoms. The first-order valence-corrected chi connectivity index (χ1v) is 6.54. The first kappa shape index (κ1) is 13.4. The van der Waals surface area contributed by atoms with Gasteiger partial charge in [0.1, 0.15) is 23.1 Å². The third kappa shape index (κ3) is 2.41. The van der Waals surface area contributed by atoms with Crippen LogP contribution in [0.3, 0.4) is 0 Å². The van der Waals surface area contributed by atoms with Gasteiger partial charge in [-0.2, -0.15) is 5.26 Å². The average Bonchev–Trinajstić information content (AvgIpc) is 3.03. The summed E-state index contributed by atoms with van der Waals surface area (Å²) < 4.78 is 15.3. The fourth-order valence-electron chi connectivity index (χ4n) is 2.11. The monoisotopic (exact) mass is 300 g/mol. The Balaban J connectivity index is 2.03. The van der Waals surface area contributed by atoms with E-state index in [1.54, 1.807) is 42.1 Å². The number of imidazole rings is 1. The summed E-state index contributed by atoms with van der Waals surface area (Å²) in [5.41, 5.74) is 2.15. The van der Waals surface area contributed by atoms with Crippen molar-refractivity contribution >= 4 is 33.7 Å². The second-order valence-corrected chi connectivity index (χ2v) is 5.00. The van der Waals surface area contributed by atoms with Gasteiger partial charge in [-0.05, 0) is 29.8 Å². The van der Waals surface area contributed by atoms with Crippen molar-refractivity contribution in [1.82, 2.24) is 14.5 Å². The molecular formula is C15H10ClFN4. The first-order valence-electron chi connectivity index (χ1n) is 6.17. The van der Waals surface area contributed by atoms with Gasteiger partial charge in [-0.3, -0.25) is 0 Å². The Morgan fingerprint density at radius 2 is 2.33 bits per heavy atom. The third-order valence-electron chi connectivity index (χ3n) is 3.12. The van der Waals surface area contributed by atoms with Crippen LogP contribution in [0.15, 0.2) is 30.5 Å². The smallest absolute Gasteiger partial charge is 0.151 e. The number of nitrogens with one attached hydrogen (secondary N) is 1. The van der Waals surface area contributed by atoms with Crippen molar-refractivity contribution in [3.8, 4) is 6.07 Å². The minimum Gasteiger partial charge on any atom is -0.342 e. The lowest BCUT2D eigenvalue weighted by molar-refractivity contribution is 0.637. The average molecular weight is 301 g/mol. The molecule has 3 aromatic rings. The quantitative estimate of drug-likeness (QED) is 0.785. The molecule has 0 aliphatic rings. The standard InChI is InChI=1S/C15H10ClFN4/c1-21-8-9(5-10(21)7-18)6-11(16)15-19-13-4-2-3-12(17)14(13)20-15/h2-6,8H,1H3,(H,19,20)/b11-6-. The van der Waals surface area contributed by atoms with Crippen LogP contribution in [0.1, 0.15) is 17.1 Å². The summed E-state index contributed by atoms with van der Waals surface area (Å²) >= 11 is 6.22. The predicted molar refractivity (Wildman–Crippen MR) is 79.9 cm³/mol. The van der Waals surface area contributed by atoms with Crippen molar-refractivity contribution in [2.75, 3.05) is 0 Å². The molecule has 0 saturated carbocycles. The van der Waals surface area contributed by atoms with E-state index in [-0.39, 0.29) is 5.52 Å². The number of aromatic nitrogens is 3. The van der Waals surface area contributed by atoms with Gasteiger partial charge in [-0.25, -0.2) is 9.37 Å². The van der Waals surface area contributed by atoms with Gasteiger partial charge in [0.15, 0.2) is 5.82 Å². The second kappa shape index (κ2) is 5.08. The number of nitriles is 1. The summed E-state index contributed by atoms with van der Waals surface area (Å²) in [5.74, 6) is -0.00919. The molecule has 104 valence electrons. The lowest BCUT2D eigenvalue weighted by atomic mass is 10.3. The summed E-state index contributed by atoms with van der Waals surface area (Å²) in [6.45, 7) is 0. The van der Waals surface area contributed by atoms with Crippen molar-refractivity contribution in [3.05, 3.63) is 53.4 Å². The van der Waals surface area contributed by atoms with Crippen LogP contribution in [0.25, 0.3) is 22.1 Å². The number of benzene rings is 1. The molecule has 0 radical (unpaired) electrons. The maximum atomic E-state index is 13.6. The highest BCUT2D eigenvalue weighted by molar-refractivity contribution is 6.50. The zero-order valence-corrected chi connectivity index (χ0v) is 11.8. The number of hydrogen-bond donors (Lipinski definition) is 1. The number of H-pyrrole nitrogens is 1. The maximum absolute atomic E-state index is 13.6. The molecule has 0 amide bonds. The summed E-state index contributed by atoms with van der Waals surface area (Å²) in [6.07, 6.45) is 3.46. The summed E-state index contributed by atoms with van der Waals surface area (Å²) in [4.78, 5) is 7.12. The minimum absolute atomic E-state index is 0.254. The number of aryl methyl sites for hydroxylation is 1. The Morgan fingerprint density at radius 1 is 1.52 bits per heavy atom. The Hall–Kier alpha value is -2.58. The molecule has 3 rings (SSSR count). The summed E-state index contributed by atoms with van der Waals surface area (Å²) in [7, 11) is 1.78. The molecule has 0 fully saturated rings. The number of hydrogen-bond acceptors (Lipinski definition) is 2. The van der Waals surface area contributed by atoms with Gasteiger partial charge in [-0.15, -0.1) is 0 Å². The van der Waals surface area contributed by atoms with Crippen LogP contribution in [0.5, 0.6) is 0 Å². The molecule has 0 spiro atoms. The van der Waals surface area contributed by atoms with Gasteiger partial charge < -0.3 is 9.55 Å². The van der Waals surface area contributed by atoms with Crippen LogP contribution in [0.2, 0.25) is 0 Å². The van der Waals surface area contributed by atoms with Crippen LogP contribution in [0.4, 0.5) is 4.39 Å². The zero-order valence-electron chi connectivity index (χ0n) is 11.1. The van der Waals surface area contributed by atoms with Gasteiger partial charge in [0.2, 0.25) is 0 Å². The van der Waals surface area contributed by atoms with E-state index in [0.29, 0.717) is 22.1 Å². The van der Waals surface area contributed by atoms with E-state index in [2.05, 4.69) is 16.0 Å². The largest absolute Gasteiger partial charge is 0.342 e. The van der Waals surface area contributed by atoms with Crippen LogP contribution in [-0.2, 0) is 7.05 Å². The molecule has 0 bridgehead atoms. The molecule has 0 saturated heterocycles. The third-order valence-corrected chi connectivity index (χ3v) is 3.41. The highest BCUT2D eigenvalue weighted by atomic mass is 35.5. The lowest BCUT2D eigenvalue weighted by Crippen LogP contribution is -1.86. The van der Waals surface area contributed by atoms with E-state index in [0.717, 1.165) is 5.56 Å². The summed E-state index contributed by atoms with van der Waals surface area (Å²) in [5, 5.41) is 9.27. The fraction of sp³-hybridized carbons (Fsp3) is 0.0667. The SMILES string of the molecule is Cn1cc(/C=C(\Cl)c2nc3c(F)cccc3[nH]2)cc1C#N. The van der Waals surface area contributed by atoms with E-state index in [1.807, 2.05) is 0 Å². The van der Waals surface area contributed by atoms with Crippen molar-refractivity contribution in [2.45, 2.75) is 0 Å². The number of rotatable bonds is 2. The zero-order chi connectivity index (χ0) is 15.0. The van der Waals surface area contributed by atoms with Crippen molar-refractivity contribution in [3.63, 3.8) is 0 Å². The molecule has 2 heterocycles. The van der Waals surface area contributed by atoms with Gasteiger partial charge in [0.25, 0.3) is 0 Å². The van der Waals surface area contributed by atoms with Crippen molar-refractivity contribution < 1.29 is 4.39 Å². The fourth-order valence-corrected chi connectivity index (χ4v) is 2.32. The summed E-state index contributed by atoms with van der Waals surface area (Å²) in [6, 6.07) is 8.47. The molecule has 1 aromatic carbocycles. The highest BCUT2D eigenvalue weighted by Gasteiger charge is 2.10. The van der Waals surface area contributed by atoms with Gasteiger partial charge in [-0.1, -0.05) is 17.7 Å². The van der Waals surface area contributed by atoms with Crippen molar-refractivity contribution in [2.24, 2.45) is 7.05 Å². The van der Waals surface area contributed by atoms with Crippen LogP contribution in [-0.4, -0.2) is 14.5 Å². The molecule has 6 heteroatoms. The number of para-hydroxylation sites is 1. The normalized spacial score (nSPS) is 11.8. The van der Waals surface area contributed by atoms with Crippen molar-refractivity contribution in [1.29, 1.82) is 5.26 Å². The van der Waals surface area contributed by atoms with E-state index >= 15 is 0 Å². The van der Waals surface area contributed by atoms with E-state index < -0.39 is 5.82 Å². The molecule has 1 N–H and O–H groups in total. The van der Waals surface area contributed by atoms with E-state index in [1.165, 1.54) is 6.07 Å². The lowest BCUT2D eigenvalue weighted by Gasteiger charge is -1.92. The Kier molecular flexibility index (Phi) is 3.24. The molecule has 2 aromatic heterocycles. The Morgan fingerprint density at radius 3 is 3.00 bits per heavy atom. The number of nitrogens with zero attached hydrogens (tertiary/aromatic N) is 3. The topological polar surface area (TPSA) is 57.4 Å². The molecule has 0 aliphatic heterocycles. The maximum Gasteiger partial charge on any atom is 0.151 e. The first-order chi connectivity index (χ1) is 10.1. The molecule has 0 unspecified atom stereocenters. The van der Waals surface area contributed by atoms with Crippen LogP contribution >= 0.6 is 11.6 Å².